The van der Waals surface area contributed by atoms with E-state index in [9.17, 15) is 9.59 Å². The van der Waals surface area contributed by atoms with Gasteiger partial charge in [0, 0.05) is 38.8 Å². The van der Waals surface area contributed by atoms with E-state index in [0.717, 1.165) is 44.0 Å². The minimum atomic E-state index is -0.366. The minimum Gasteiger partial charge on any atom is -0.407 e. The lowest BCUT2D eigenvalue weighted by molar-refractivity contribution is 0.0780. The van der Waals surface area contributed by atoms with Crippen molar-refractivity contribution < 1.29 is 9.21 Å². The number of carbonyl (C=O) groups is 1. The van der Waals surface area contributed by atoms with Crippen molar-refractivity contribution >= 4 is 16.9 Å². The Morgan fingerprint density at radius 3 is 2.48 bits per heavy atom. The highest BCUT2D eigenvalue weighted by Crippen LogP contribution is 2.23. The first-order valence-electron chi connectivity index (χ1n) is 11.2. The molecule has 1 saturated heterocycles. The van der Waals surface area contributed by atoms with Crippen molar-refractivity contribution in [3.8, 4) is 0 Å². The fourth-order valence-corrected chi connectivity index (χ4v) is 4.98. The zero-order chi connectivity index (χ0) is 20.2. The van der Waals surface area contributed by atoms with Crippen LogP contribution in [0, 0.1) is 0 Å². The monoisotopic (exact) mass is 399 g/mol. The van der Waals surface area contributed by atoms with Crippen molar-refractivity contribution in [1.82, 2.24) is 14.4 Å². The lowest BCUT2D eigenvalue weighted by atomic mass is 9.94. The van der Waals surface area contributed by atoms with Gasteiger partial charge in [0.1, 0.15) is 0 Å². The van der Waals surface area contributed by atoms with Gasteiger partial charge in [0.25, 0.3) is 0 Å². The number of fused-ring (bicyclic) bond motifs is 1. The molecule has 4 rings (SSSR count). The number of carbonyl (C=O) groups excluding carboxylic acids is 1. The summed E-state index contributed by atoms with van der Waals surface area (Å²) in [6.45, 7) is 7.94. The molecule has 1 aromatic heterocycles. The SMILES string of the molecule is CC(=O)c1cccc2c1oc(=O)n2CCCCN1CCN(C2CCCCC2)CC1. The van der Waals surface area contributed by atoms with E-state index in [4.69, 9.17) is 4.42 Å². The fraction of sp³-hybridized carbons (Fsp3) is 0.652. The van der Waals surface area contributed by atoms with Gasteiger partial charge in [-0.1, -0.05) is 25.3 Å². The number of hydrogen-bond donors (Lipinski definition) is 0. The van der Waals surface area contributed by atoms with Crippen LogP contribution in [0.3, 0.4) is 0 Å². The second kappa shape index (κ2) is 9.26. The second-order valence-electron chi connectivity index (χ2n) is 8.61. The molecule has 0 bridgehead atoms. The van der Waals surface area contributed by atoms with E-state index in [1.807, 2.05) is 12.1 Å². The molecule has 158 valence electrons. The van der Waals surface area contributed by atoms with Gasteiger partial charge in [-0.05, 0) is 51.3 Å². The average molecular weight is 400 g/mol. The van der Waals surface area contributed by atoms with Crippen LogP contribution in [-0.2, 0) is 6.54 Å². The van der Waals surface area contributed by atoms with Crippen LogP contribution in [-0.4, -0.2) is 58.9 Å². The zero-order valence-electron chi connectivity index (χ0n) is 17.6. The van der Waals surface area contributed by atoms with Gasteiger partial charge in [-0.25, -0.2) is 4.79 Å². The van der Waals surface area contributed by atoms with Gasteiger partial charge in [0.2, 0.25) is 0 Å². The van der Waals surface area contributed by atoms with Gasteiger partial charge in [-0.15, -0.1) is 0 Å². The number of rotatable bonds is 7. The van der Waals surface area contributed by atoms with E-state index < -0.39 is 0 Å². The Hall–Kier alpha value is -1.92. The third-order valence-corrected chi connectivity index (χ3v) is 6.68. The van der Waals surface area contributed by atoms with Crippen LogP contribution < -0.4 is 5.76 Å². The summed E-state index contributed by atoms with van der Waals surface area (Å²) in [6.07, 6.45) is 9.00. The summed E-state index contributed by atoms with van der Waals surface area (Å²) in [4.78, 5) is 29.3. The van der Waals surface area contributed by atoms with Crippen LogP contribution in [0.5, 0.6) is 0 Å². The number of Topliss-reactive ketones (excluding diaryl/α,β-unsaturated/α-hetero) is 1. The standard InChI is InChI=1S/C23H33N3O3/c1-18(27)20-10-7-11-21-22(20)29-23(28)26(21)13-6-5-12-24-14-16-25(17-15-24)19-8-3-2-4-9-19/h7,10-11,19H,2-6,8-9,12-17H2,1H3. The predicted octanol–water partition coefficient (Wildman–Crippen LogP) is 3.53. The van der Waals surface area contributed by atoms with Crippen LogP contribution in [0.15, 0.2) is 27.4 Å². The minimum absolute atomic E-state index is 0.0798. The van der Waals surface area contributed by atoms with Crippen molar-refractivity contribution in [3.05, 3.63) is 34.3 Å². The third kappa shape index (κ3) is 4.64. The van der Waals surface area contributed by atoms with Gasteiger partial charge < -0.3 is 9.32 Å². The van der Waals surface area contributed by atoms with E-state index in [-0.39, 0.29) is 11.5 Å². The topological polar surface area (TPSA) is 58.7 Å². The summed E-state index contributed by atoms with van der Waals surface area (Å²) in [6, 6.07) is 6.21. The first-order chi connectivity index (χ1) is 14.1. The lowest BCUT2D eigenvalue weighted by Crippen LogP contribution is -2.50. The molecule has 1 saturated carbocycles. The van der Waals surface area contributed by atoms with Crippen LogP contribution in [0.25, 0.3) is 11.1 Å². The number of aryl methyl sites for hydroxylation is 1. The number of para-hydroxylation sites is 1. The molecular formula is C23H33N3O3. The molecule has 1 aromatic carbocycles. The summed E-state index contributed by atoms with van der Waals surface area (Å²) >= 11 is 0. The number of hydrogen-bond acceptors (Lipinski definition) is 5. The summed E-state index contributed by atoms with van der Waals surface area (Å²) < 4.78 is 7.05. The lowest BCUT2D eigenvalue weighted by Gasteiger charge is -2.40. The van der Waals surface area contributed by atoms with Crippen molar-refractivity contribution in [2.24, 2.45) is 0 Å². The van der Waals surface area contributed by atoms with E-state index in [1.54, 1.807) is 10.6 Å². The van der Waals surface area contributed by atoms with Crippen molar-refractivity contribution in [3.63, 3.8) is 0 Å². The third-order valence-electron chi connectivity index (χ3n) is 6.68. The van der Waals surface area contributed by atoms with Gasteiger partial charge in [-0.2, -0.15) is 0 Å². The maximum Gasteiger partial charge on any atom is 0.419 e. The molecular weight excluding hydrogens is 366 g/mol. The van der Waals surface area contributed by atoms with Gasteiger partial charge in [0.05, 0.1) is 11.1 Å². The van der Waals surface area contributed by atoms with Crippen LogP contribution >= 0.6 is 0 Å². The molecule has 6 nitrogen and oxygen atoms in total. The Balaban J connectivity index is 1.25. The van der Waals surface area contributed by atoms with E-state index in [0.29, 0.717) is 17.7 Å². The highest BCUT2D eigenvalue weighted by atomic mass is 16.4. The molecule has 1 aliphatic carbocycles. The number of aromatic nitrogens is 1. The van der Waals surface area contributed by atoms with Crippen LogP contribution in [0.4, 0.5) is 0 Å². The molecule has 2 aliphatic rings. The number of ketones is 1. The van der Waals surface area contributed by atoms with Crippen LogP contribution in [0.1, 0.15) is 62.2 Å². The van der Waals surface area contributed by atoms with Gasteiger partial charge >= 0.3 is 5.76 Å². The Kier molecular flexibility index (Phi) is 6.50. The number of oxazole rings is 1. The smallest absolute Gasteiger partial charge is 0.407 e. The van der Waals surface area contributed by atoms with Crippen LogP contribution in [0.2, 0.25) is 0 Å². The van der Waals surface area contributed by atoms with Gasteiger partial charge in [-0.3, -0.25) is 14.3 Å². The number of unbranched alkanes of at least 4 members (excludes halogenated alkanes) is 1. The Labute approximate surface area is 172 Å². The average Bonchev–Trinajstić information content (AvgIpc) is 3.07. The van der Waals surface area contributed by atoms with Crippen molar-refractivity contribution in [1.29, 1.82) is 0 Å². The Bertz CT molecular complexity index is 886. The first kappa shape index (κ1) is 20.4. The Morgan fingerprint density at radius 1 is 1.03 bits per heavy atom. The van der Waals surface area contributed by atoms with Gasteiger partial charge in [0.15, 0.2) is 11.4 Å². The summed E-state index contributed by atoms with van der Waals surface area (Å²) in [7, 11) is 0. The molecule has 0 atom stereocenters. The molecule has 2 heterocycles. The summed E-state index contributed by atoms with van der Waals surface area (Å²) in [5.74, 6) is -0.446. The largest absolute Gasteiger partial charge is 0.419 e. The summed E-state index contributed by atoms with van der Waals surface area (Å²) in [5, 5.41) is 0. The molecule has 6 heteroatoms. The molecule has 2 aromatic rings. The number of nitrogens with zero attached hydrogens (tertiary/aromatic N) is 3. The molecule has 0 radical (unpaired) electrons. The number of benzene rings is 1. The van der Waals surface area contributed by atoms with E-state index in [1.165, 1.54) is 52.1 Å². The predicted molar refractivity (Wildman–Crippen MR) is 115 cm³/mol. The molecule has 0 amide bonds. The summed E-state index contributed by atoms with van der Waals surface area (Å²) in [5.41, 5.74) is 1.63. The van der Waals surface area contributed by atoms with Crippen molar-refractivity contribution in [2.45, 2.75) is 64.5 Å². The highest BCUT2D eigenvalue weighted by Gasteiger charge is 2.24. The maximum absolute atomic E-state index is 12.3. The quantitative estimate of drug-likeness (QED) is 0.527. The first-order valence-corrected chi connectivity index (χ1v) is 11.2. The molecule has 1 aliphatic heterocycles. The number of piperazine rings is 1. The van der Waals surface area contributed by atoms with E-state index >= 15 is 0 Å². The second-order valence-corrected chi connectivity index (χ2v) is 8.61. The molecule has 0 N–H and O–H groups in total. The fourth-order valence-electron chi connectivity index (χ4n) is 4.98. The maximum atomic E-state index is 12.3. The van der Waals surface area contributed by atoms with Crippen molar-refractivity contribution in [2.75, 3.05) is 32.7 Å². The van der Waals surface area contributed by atoms with E-state index in [2.05, 4.69) is 9.80 Å². The molecule has 29 heavy (non-hydrogen) atoms. The normalized spacial score (nSPS) is 19.8. The molecule has 0 spiro atoms. The highest BCUT2D eigenvalue weighted by molar-refractivity contribution is 6.04. The molecule has 2 fully saturated rings. The molecule has 0 unspecified atom stereocenters. The zero-order valence-corrected chi connectivity index (χ0v) is 17.6. The Morgan fingerprint density at radius 2 is 1.76 bits per heavy atom.